The number of nitrogens with zero attached hydrogens (tertiary/aromatic N) is 4. The van der Waals surface area contributed by atoms with Crippen LogP contribution in [-0.2, 0) is 16.1 Å². The van der Waals surface area contributed by atoms with Gasteiger partial charge >= 0.3 is 6.03 Å². The topological polar surface area (TPSA) is 76.2 Å². The summed E-state index contributed by atoms with van der Waals surface area (Å²) < 4.78 is 13.2. The van der Waals surface area contributed by atoms with Crippen LogP contribution in [0, 0.1) is 5.82 Å². The molecular weight excluding hydrogens is 425 g/mol. The lowest BCUT2D eigenvalue weighted by Crippen LogP contribution is -2.75. The van der Waals surface area contributed by atoms with E-state index in [0.717, 1.165) is 37.7 Å². The minimum absolute atomic E-state index is 0.0193. The Balaban J connectivity index is 1.78. The SMILES string of the molecule is CCCCCCN1CC2N(C(=O)CN(C)N2C(=O)NCc2ccc(F)cc2)[C@@H](CCC)C1=O. The van der Waals surface area contributed by atoms with Gasteiger partial charge in [-0.2, -0.15) is 0 Å². The van der Waals surface area contributed by atoms with E-state index in [1.54, 1.807) is 34.1 Å². The first kappa shape index (κ1) is 25.0. The summed E-state index contributed by atoms with van der Waals surface area (Å²) in [5, 5.41) is 6.06. The third kappa shape index (κ3) is 5.82. The van der Waals surface area contributed by atoms with Crippen LogP contribution >= 0.6 is 0 Å². The largest absolute Gasteiger partial charge is 0.337 e. The van der Waals surface area contributed by atoms with E-state index >= 15 is 0 Å². The first-order valence-electron chi connectivity index (χ1n) is 12.0. The van der Waals surface area contributed by atoms with Crippen molar-refractivity contribution in [2.24, 2.45) is 0 Å². The Morgan fingerprint density at radius 2 is 1.82 bits per heavy atom. The normalized spacial score (nSPS) is 21.4. The molecule has 0 bridgehead atoms. The highest BCUT2D eigenvalue weighted by atomic mass is 19.1. The Morgan fingerprint density at radius 3 is 2.48 bits per heavy atom. The predicted molar refractivity (Wildman–Crippen MR) is 123 cm³/mol. The Labute approximate surface area is 195 Å². The van der Waals surface area contributed by atoms with Crippen molar-refractivity contribution >= 4 is 17.8 Å². The molecule has 1 aromatic carbocycles. The number of unbranched alkanes of at least 4 members (excludes halogenated alkanes) is 3. The van der Waals surface area contributed by atoms with Crippen molar-refractivity contribution in [2.75, 3.05) is 26.7 Å². The van der Waals surface area contributed by atoms with Crippen molar-refractivity contribution in [1.29, 1.82) is 0 Å². The highest BCUT2D eigenvalue weighted by Crippen LogP contribution is 2.28. The zero-order chi connectivity index (χ0) is 24.0. The number of fused-ring (bicyclic) bond motifs is 1. The summed E-state index contributed by atoms with van der Waals surface area (Å²) in [6.07, 6.45) is 4.98. The van der Waals surface area contributed by atoms with Gasteiger partial charge in [0.05, 0.1) is 13.1 Å². The van der Waals surface area contributed by atoms with Gasteiger partial charge in [0.1, 0.15) is 18.0 Å². The predicted octanol–water partition coefficient (Wildman–Crippen LogP) is 2.94. The smallest absolute Gasteiger partial charge is 0.334 e. The monoisotopic (exact) mass is 461 g/mol. The Hall–Kier alpha value is -2.68. The fraction of sp³-hybridized carbons (Fsp3) is 0.625. The third-order valence-corrected chi connectivity index (χ3v) is 6.35. The number of amides is 4. The summed E-state index contributed by atoms with van der Waals surface area (Å²) in [5.74, 6) is -0.487. The minimum Gasteiger partial charge on any atom is -0.337 e. The maximum absolute atomic E-state index is 13.2. The molecule has 0 aliphatic carbocycles. The number of carbonyl (C=O) groups excluding carboxylic acids is 3. The van der Waals surface area contributed by atoms with E-state index in [0.29, 0.717) is 19.5 Å². The number of hydrogen-bond donors (Lipinski definition) is 1. The molecule has 4 amide bonds. The van der Waals surface area contributed by atoms with Gasteiger partial charge in [-0.25, -0.2) is 19.2 Å². The van der Waals surface area contributed by atoms with Gasteiger partial charge in [-0.05, 0) is 30.5 Å². The molecule has 2 aliphatic heterocycles. The van der Waals surface area contributed by atoms with Gasteiger partial charge in [-0.15, -0.1) is 0 Å². The number of nitrogens with one attached hydrogen (secondary N) is 1. The van der Waals surface area contributed by atoms with Crippen molar-refractivity contribution in [2.45, 2.75) is 71.1 Å². The second kappa shape index (κ2) is 11.4. The second-order valence-electron chi connectivity index (χ2n) is 8.88. The first-order chi connectivity index (χ1) is 15.9. The van der Waals surface area contributed by atoms with Crippen LogP contribution in [0.25, 0.3) is 0 Å². The number of carbonyl (C=O) groups is 3. The van der Waals surface area contributed by atoms with Gasteiger partial charge in [-0.1, -0.05) is 51.7 Å². The number of benzene rings is 1. The van der Waals surface area contributed by atoms with Crippen molar-refractivity contribution in [3.8, 4) is 0 Å². The summed E-state index contributed by atoms with van der Waals surface area (Å²) in [4.78, 5) is 42.9. The lowest BCUT2D eigenvalue weighted by molar-refractivity contribution is -0.187. The van der Waals surface area contributed by atoms with Gasteiger partial charge in [0.2, 0.25) is 11.8 Å². The first-order valence-corrected chi connectivity index (χ1v) is 12.0. The highest BCUT2D eigenvalue weighted by Gasteiger charge is 2.50. The van der Waals surface area contributed by atoms with E-state index in [9.17, 15) is 18.8 Å². The molecule has 33 heavy (non-hydrogen) atoms. The molecule has 2 aliphatic rings. The van der Waals surface area contributed by atoms with E-state index < -0.39 is 12.2 Å². The van der Waals surface area contributed by atoms with Crippen LogP contribution in [0.5, 0.6) is 0 Å². The van der Waals surface area contributed by atoms with Gasteiger partial charge in [0, 0.05) is 20.1 Å². The maximum Gasteiger partial charge on any atom is 0.334 e. The minimum atomic E-state index is -0.551. The molecule has 2 heterocycles. The Bertz CT molecular complexity index is 834. The molecule has 182 valence electrons. The molecule has 0 radical (unpaired) electrons. The molecule has 9 heteroatoms. The molecule has 1 unspecified atom stereocenters. The molecule has 3 rings (SSSR count). The molecule has 2 atom stereocenters. The molecule has 0 spiro atoms. The van der Waals surface area contributed by atoms with Crippen LogP contribution in [0.1, 0.15) is 57.9 Å². The van der Waals surface area contributed by atoms with Crippen LogP contribution in [0.4, 0.5) is 9.18 Å². The lowest BCUT2D eigenvalue weighted by atomic mass is 10.0. The number of hydrazine groups is 1. The van der Waals surface area contributed by atoms with Crippen molar-refractivity contribution in [1.82, 2.24) is 25.1 Å². The molecule has 2 saturated heterocycles. The van der Waals surface area contributed by atoms with Crippen LogP contribution < -0.4 is 5.32 Å². The van der Waals surface area contributed by atoms with E-state index in [2.05, 4.69) is 12.2 Å². The fourth-order valence-corrected chi connectivity index (χ4v) is 4.65. The molecule has 1 N–H and O–H groups in total. The number of rotatable bonds is 9. The van der Waals surface area contributed by atoms with Gasteiger partial charge in [0.15, 0.2) is 0 Å². The second-order valence-corrected chi connectivity index (χ2v) is 8.88. The maximum atomic E-state index is 13.2. The van der Waals surface area contributed by atoms with Crippen LogP contribution in [0.2, 0.25) is 0 Å². The zero-order valence-electron chi connectivity index (χ0n) is 19.9. The van der Waals surface area contributed by atoms with Gasteiger partial charge in [0.25, 0.3) is 0 Å². The van der Waals surface area contributed by atoms with Crippen molar-refractivity contribution in [3.05, 3.63) is 35.6 Å². The average Bonchev–Trinajstić information content (AvgIpc) is 2.78. The van der Waals surface area contributed by atoms with Crippen LogP contribution in [0.3, 0.4) is 0 Å². The van der Waals surface area contributed by atoms with E-state index in [4.69, 9.17) is 0 Å². The Morgan fingerprint density at radius 1 is 1.09 bits per heavy atom. The molecule has 0 saturated carbocycles. The molecule has 2 fully saturated rings. The standard InChI is InChI=1S/C24H36FN5O3/c1-4-6-7-8-14-28-16-21-29(20(9-5-2)23(28)32)22(31)17-27(3)30(21)24(33)26-15-18-10-12-19(25)13-11-18/h10-13,20-21H,4-9,14-17H2,1-3H3,(H,26,33)/t20-,21?/m0/s1. The van der Waals surface area contributed by atoms with E-state index in [-0.39, 0.29) is 36.8 Å². The van der Waals surface area contributed by atoms with Gasteiger partial charge in [-0.3, -0.25) is 9.59 Å². The molecule has 0 aromatic heterocycles. The summed E-state index contributed by atoms with van der Waals surface area (Å²) in [6.45, 7) is 5.34. The van der Waals surface area contributed by atoms with E-state index in [1.807, 2.05) is 11.8 Å². The van der Waals surface area contributed by atoms with Gasteiger partial charge < -0.3 is 15.1 Å². The average molecular weight is 462 g/mol. The quantitative estimate of drug-likeness (QED) is 0.574. The van der Waals surface area contributed by atoms with Crippen LogP contribution in [0.15, 0.2) is 24.3 Å². The number of hydrogen-bond acceptors (Lipinski definition) is 4. The third-order valence-electron chi connectivity index (χ3n) is 6.35. The molecule has 1 aromatic rings. The number of likely N-dealkylation sites (N-methyl/N-ethyl adjacent to an activating group) is 1. The van der Waals surface area contributed by atoms with Crippen molar-refractivity contribution in [3.63, 3.8) is 0 Å². The summed E-state index contributed by atoms with van der Waals surface area (Å²) in [6, 6.07) is 5.06. The fourth-order valence-electron chi connectivity index (χ4n) is 4.65. The van der Waals surface area contributed by atoms with E-state index in [1.165, 1.54) is 12.1 Å². The Kier molecular flexibility index (Phi) is 8.66. The highest BCUT2D eigenvalue weighted by molar-refractivity contribution is 5.91. The molecule has 8 nitrogen and oxygen atoms in total. The summed E-state index contributed by atoms with van der Waals surface area (Å²) >= 11 is 0. The number of halogens is 1. The zero-order valence-corrected chi connectivity index (χ0v) is 19.9. The summed E-state index contributed by atoms with van der Waals surface area (Å²) in [5.41, 5.74) is 0.776. The number of piperazine rings is 1. The van der Waals surface area contributed by atoms with Crippen molar-refractivity contribution < 1.29 is 18.8 Å². The lowest BCUT2D eigenvalue weighted by Gasteiger charge is -2.54. The summed E-state index contributed by atoms with van der Waals surface area (Å²) in [7, 11) is 1.71. The number of urea groups is 1. The molecular formula is C24H36FN5O3. The van der Waals surface area contributed by atoms with Crippen LogP contribution in [-0.4, -0.2) is 76.6 Å².